The van der Waals surface area contributed by atoms with Crippen LogP contribution in [0.4, 0.5) is 4.39 Å². The minimum Gasteiger partial charge on any atom is -0.293 e. The fraction of sp³-hybridized carbons (Fsp3) is 0.0909. The van der Waals surface area contributed by atoms with Gasteiger partial charge in [-0.05, 0) is 40.3 Å². The van der Waals surface area contributed by atoms with Gasteiger partial charge in [0.15, 0.2) is 8.80 Å². The van der Waals surface area contributed by atoms with Gasteiger partial charge in [0.05, 0.1) is 4.88 Å². The van der Waals surface area contributed by atoms with Crippen molar-refractivity contribution in [3.63, 3.8) is 0 Å². The van der Waals surface area contributed by atoms with E-state index in [9.17, 15) is 9.18 Å². The summed E-state index contributed by atoms with van der Waals surface area (Å²) in [5.74, 6) is -0.408. The van der Waals surface area contributed by atoms with E-state index >= 15 is 0 Å². The van der Waals surface area contributed by atoms with E-state index in [1.54, 1.807) is 12.1 Å². The van der Waals surface area contributed by atoms with Crippen LogP contribution in [-0.2, 0) is 0 Å². The highest BCUT2D eigenvalue weighted by Gasteiger charge is 2.15. The van der Waals surface area contributed by atoms with Crippen molar-refractivity contribution in [2.24, 2.45) is 0 Å². The molecule has 0 aliphatic rings. The number of ketones is 1. The summed E-state index contributed by atoms with van der Waals surface area (Å²) in [7, 11) is 0. The molecule has 2 nitrogen and oxygen atoms in total. The molecular formula is C11H7FINOS. The molecule has 0 bridgehead atoms. The predicted molar refractivity (Wildman–Crippen MR) is 70.2 cm³/mol. The smallest absolute Gasteiger partial charge is 0.179 e. The van der Waals surface area contributed by atoms with Crippen molar-refractivity contribution in [1.82, 2.24) is 4.98 Å². The van der Waals surface area contributed by atoms with Gasteiger partial charge in [0.2, 0.25) is 0 Å². The topological polar surface area (TPSA) is 30.0 Å². The highest BCUT2D eigenvalue weighted by atomic mass is 127. The van der Waals surface area contributed by atoms with Gasteiger partial charge in [-0.15, -0.1) is 11.3 Å². The maximum atomic E-state index is 13.1. The minimum atomic E-state index is -0.310. The van der Waals surface area contributed by atoms with Crippen LogP contribution in [0.1, 0.15) is 17.4 Å². The number of rotatable bonds is 2. The van der Waals surface area contributed by atoms with Crippen LogP contribution in [0.2, 0.25) is 0 Å². The lowest BCUT2D eigenvalue weighted by Crippen LogP contribution is -1.95. The van der Waals surface area contributed by atoms with Gasteiger partial charge in [0.1, 0.15) is 11.5 Å². The van der Waals surface area contributed by atoms with E-state index in [4.69, 9.17) is 0 Å². The monoisotopic (exact) mass is 347 g/mol. The van der Waals surface area contributed by atoms with Crippen LogP contribution < -0.4 is 0 Å². The third kappa shape index (κ3) is 2.30. The molecule has 0 unspecified atom stereocenters. The Bertz CT molecular complexity index is 553. The maximum Gasteiger partial charge on any atom is 0.179 e. The highest BCUT2D eigenvalue weighted by Crippen LogP contribution is 2.31. The Balaban J connectivity index is 2.59. The van der Waals surface area contributed by atoms with Crippen LogP contribution in [0.5, 0.6) is 0 Å². The van der Waals surface area contributed by atoms with Crippen LogP contribution >= 0.6 is 33.9 Å². The Labute approximate surface area is 110 Å². The Morgan fingerprint density at radius 1 is 1.50 bits per heavy atom. The standard InChI is InChI=1S/C11H7FINOS/c1-6(15)9-10(16-11(13)14-9)7-3-2-4-8(12)5-7/h2-5H,1H3. The first-order valence-electron chi connectivity index (χ1n) is 4.51. The van der Waals surface area contributed by atoms with Crippen molar-refractivity contribution in [2.45, 2.75) is 6.92 Å². The minimum absolute atomic E-state index is 0.0987. The van der Waals surface area contributed by atoms with Crippen LogP contribution in [0, 0.1) is 8.83 Å². The molecule has 1 heterocycles. The fourth-order valence-corrected chi connectivity index (χ4v) is 3.10. The van der Waals surface area contributed by atoms with Crippen molar-refractivity contribution in [1.29, 1.82) is 0 Å². The molecule has 16 heavy (non-hydrogen) atoms. The van der Waals surface area contributed by atoms with E-state index in [2.05, 4.69) is 27.6 Å². The summed E-state index contributed by atoms with van der Waals surface area (Å²) >= 11 is 3.45. The molecular weight excluding hydrogens is 340 g/mol. The molecule has 0 aliphatic carbocycles. The Kier molecular flexibility index (Phi) is 3.34. The largest absolute Gasteiger partial charge is 0.293 e. The van der Waals surface area contributed by atoms with Gasteiger partial charge in [-0.25, -0.2) is 9.37 Å². The number of aromatic nitrogens is 1. The second-order valence-electron chi connectivity index (χ2n) is 3.21. The first-order valence-corrected chi connectivity index (χ1v) is 6.40. The number of Topliss-reactive ketones (excluding diaryl/α,β-unsaturated/α-hetero) is 1. The lowest BCUT2D eigenvalue weighted by molar-refractivity contribution is 0.101. The fourth-order valence-electron chi connectivity index (χ4n) is 1.36. The summed E-state index contributed by atoms with van der Waals surface area (Å²) in [6, 6.07) is 6.19. The summed E-state index contributed by atoms with van der Waals surface area (Å²) in [6.45, 7) is 1.47. The SMILES string of the molecule is CC(=O)c1nc(I)sc1-c1cccc(F)c1. The average molecular weight is 347 g/mol. The summed E-state index contributed by atoms with van der Waals surface area (Å²) in [5, 5.41) is 0. The van der Waals surface area contributed by atoms with E-state index in [0.29, 0.717) is 11.3 Å². The average Bonchev–Trinajstić information content (AvgIpc) is 2.60. The van der Waals surface area contributed by atoms with Gasteiger partial charge in [0.25, 0.3) is 0 Å². The molecule has 0 fully saturated rings. The van der Waals surface area contributed by atoms with Crippen LogP contribution in [0.15, 0.2) is 24.3 Å². The first kappa shape index (κ1) is 11.7. The number of hydrogen-bond acceptors (Lipinski definition) is 3. The van der Waals surface area contributed by atoms with Crippen molar-refractivity contribution in [2.75, 3.05) is 0 Å². The molecule has 0 amide bonds. The zero-order valence-electron chi connectivity index (χ0n) is 8.33. The molecule has 82 valence electrons. The van der Waals surface area contributed by atoms with Gasteiger partial charge >= 0.3 is 0 Å². The summed E-state index contributed by atoms with van der Waals surface area (Å²) < 4.78 is 13.9. The number of nitrogens with zero attached hydrogens (tertiary/aromatic N) is 1. The second kappa shape index (κ2) is 4.58. The van der Waals surface area contributed by atoms with Gasteiger partial charge in [0, 0.05) is 6.92 Å². The highest BCUT2D eigenvalue weighted by molar-refractivity contribution is 14.1. The summed E-state index contributed by atoms with van der Waals surface area (Å²) in [6.07, 6.45) is 0. The van der Waals surface area contributed by atoms with E-state index in [-0.39, 0.29) is 11.6 Å². The maximum absolute atomic E-state index is 13.1. The third-order valence-corrected chi connectivity index (χ3v) is 3.82. The molecule has 1 aromatic heterocycles. The number of carbonyl (C=O) groups excluding carboxylic acids is 1. The first-order chi connectivity index (χ1) is 7.58. The van der Waals surface area contributed by atoms with E-state index in [1.807, 2.05) is 0 Å². The summed E-state index contributed by atoms with van der Waals surface area (Å²) in [4.78, 5) is 16.3. The van der Waals surface area contributed by atoms with Gasteiger partial charge < -0.3 is 0 Å². The molecule has 0 saturated carbocycles. The third-order valence-electron chi connectivity index (χ3n) is 2.02. The van der Waals surface area contributed by atoms with Crippen molar-refractivity contribution in [3.8, 4) is 10.4 Å². The molecule has 2 aromatic rings. The zero-order chi connectivity index (χ0) is 11.7. The van der Waals surface area contributed by atoms with E-state index < -0.39 is 0 Å². The van der Waals surface area contributed by atoms with Crippen molar-refractivity contribution >= 4 is 39.7 Å². The van der Waals surface area contributed by atoms with E-state index in [0.717, 1.165) is 7.89 Å². The lowest BCUT2D eigenvalue weighted by Gasteiger charge is -1.99. The molecule has 0 radical (unpaired) electrons. The normalized spacial score (nSPS) is 10.4. The number of halogens is 2. The van der Waals surface area contributed by atoms with Gasteiger partial charge in [-0.2, -0.15) is 0 Å². The number of thiazole rings is 1. The van der Waals surface area contributed by atoms with Crippen molar-refractivity contribution in [3.05, 3.63) is 38.8 Å². The number of benzene rings is 1. The zero-order valence-corrected chi connectivity index (χ0v) is 11.3. The molecule has 1 aromatic carbocycles. The Morgan fingerprint density at radius 3 is 2.88 bits per heavy atom. The molecule has 0 saturated heterocycles. The Morgan fingerprint density at radius 2 is 2.25 bits per heavy atom. The quantitative estimate of drug-likeness (QED) is 0.612. The lowest BCUT2D eigenvalue weighted by atomic mass is 10.1. The second-order valence-corrected chi connectivity index (χ2v) is 5.96. The van der Waals surface area contributed by atoms with Gasteiger partial charge in [-0.3, -0.25) is 4.79 Å². The Hall–Kier alpha value is -0.820. The van der Waals surface area contributed by atoms with Crippen LogP contribution in [-0.4, -0.2) is 10.8 Å². The van der Waals surface area contributed by atoms with Crippen LogP contribution in [0.3, 0.4) is 0 Å². The number of carbonyl (C=O) groups is 1. The van der Waals surface area contributed by atoms with Gasteiger partial charge in [-0.1, -0.05) is 12.1 Å². The molecule has 2 rings (SSSR count). The summed E-state index contributed by atoms with van der Waals surface area (Å²) in [5.41, 5.74) is 1.12. The predicted octanol–water partition coefficient (Wildman–Crippen LogP) is 3.76. The van der Waals surface area contributed by atoms with Crippen molar-refractivity contribution < 1.29 is 9.18 Å². The molecule has 5 heteroatoms. The number of hydrogen-bond donors (Lipinski definition) is 0. The molecule has 0 atom stereocenters. The van der Waals surface area contributed by atoms with E-state index in [1.165, 1.54) is 30.4 Å². The molecule has 0 N–H and O–H groups in total. The molecule has 0 aliphatic heterocycles. The molecule has 0 spiro atoms. The van der Waals surface area contributed by atoms with Crippen LogP contribution in [0.25, 0.3) is 10.4 Å².